The van der Waals surface area contributed by atoms with Crippen LogP contribution < -0.4 is 11.1 Å². The number of rotatable bonds is 5. The number of nitrogens with two attached hydrogens (primary N) is 1. The van der Waals surface area contributed by atoms with Crippen molar-refractivity contribution in [3.05, 3.63) is 46.4 Å². The smallest absolute Gasteiger partial charge is 0.224 e. The zero-order valence-electron chi connectivity index (χ0n) is 10.4. The van der Waals surface area contributed by atoms with Crippen LogP contribution in [0.5, 0.6) is 0 Å². The first kappa shape index (κ1) is 13.5. The third-order valence-corrected chi connectivity index (χ3v) is 3.65. The topological polar surface area (TPSA) is 55.1 Å². The van der Waals surface area contributed by atoms with E-state index in [1.165, 1.54) is 17.0 Å². The van der Waals surface area contributed by atoms with Gasteiger partial charge in [0.2, 0.25) is 5.91 Å². The third-order valence-electron chi connectivity index (χ3n) is 2.72. The summed E-state index contributed by atoms with van der Waals surface area (Å²) >= 11 is 1.67. The molecule has 0 saturated heterocycles. The average Bonchev–Trinajstić information content (AvgIpc) is 2.87. The highest BCUT2D eigenvalue weighted by Gasteiger charge is 2.09. The summed E-state index contributed by atoms with van der Waals surface area (Å²) in [6.45, 7) is 0. The zero-order chi connectivity index (χ0) is 13.7. The molecule has 0 aliphatic heterocycles. The molecule has 3 nitrogen and oxygen atoms in total. The summed E-state index contributed by atoms with van der Waals surface area (Å²) in [5.41, 5.74) is 5.94. The lowest BCUT2D eigenvalue weighted by Gasteiger charge is -2.08. The molecule has 0 bridgehead atoms. The molecule has 0 spiro atoms. The van der Waals surface area contributed by atoms with Gasteiger partial charge >= 0.3 is 0 Å². The number of hydrogen-bond acceptors (Lipinski definition) is 3. The van der Waals surface area contributed by atoms with E-state index in [4.69, 9.17) is 5.73 Å². The monoisotopic (exact) mass is 278 g/mol. The van der Waals surface area contributed by atoms with Gasteiger partial charge in [0.25, 0.3) is 0 Å². The molecule has 1 aromatic carbocycles. The Morgan fingerprint density at radius 1 is 1.32 bits per heavy atom. The maximum atomic E-state index is 13.5. The van der Waals surface area contributed by atoms with E-state index >= 15 is 0 Å². The summed E-state index contributed by atoms with van der Waals surface area (Å²) in [7, 11) is 0. The Bertz CT molecular complexity index is 534. The van der Waals surface area contributed by atoms with E-state index < -0.39 is 5.82 Å². The summed E-state index contributed by atoms with van der Waals surface area (Å²) in [6.07, 6.45) is 1.95. The van der Waals surface area contributed by atoms with Gasteiger partial charge in [0.15, 0.2) is 0 Å². The molecule has 0 radical (unpaired) electrons. The minimum atomic E-state index is -0.508. The predicted octanol–water partition coefficient (Wildman–Crippen LogP) is 3.43. The number of nitrogen functional groups attached to an aromatic ring is 1. The number of carbonyl (C=O) groups excluding carboxylic acids is 1. The second-order valence-corrected chi connectivity index (χ2v) is 5.22. The van der Waals surface area contributed by atoms with Crippen molar-refractivity contribution in [2.45, 2.75) is 19.3 Å². The molecule has 19 heavy (non-hydrogen) atoms. The van der Waals surface area contributed by atoms with E-state index in [1.807, 2.05) is 17.5 Å². The normalized spacial score (nSPS) is 10.4. The summed E-state index contributed by atoms with van der Waals surface area (Å²) < 4.78 is 13.5. The van der Waals surface area contributed by atoms with Crippen LogP contribution in [0.4, 0.5) is 15.8 Å². The van der Waals surface area contributed by atoms with Gasteiger partial charge in [-0.25, -0.2) is 4.39 Å². The van der Waals surface area contributed by atoms with E-state index in [9.17, 15) is 9.18 Å². The molecule has 1 aromatic heterocycles. The van der Waals surface area contributed by atoms with E-state index in [-0.39, 0.29) is 17.3 Å². The van der Waals surface area contributed by atoms with Crippen LogP contribution in [-0.2, 0) is 11.2 Å². The quantitative estimate of drug-likeness (QED) is 0.823. The van der Waals surface area contributed by atoms with Crippen molar-refractivity contribution in [1.29, 1.82) is 0 Å². The molecule has 100 valence electrons. The average molecular weight is 278 g/mol. The van der Waals surface area contributed by atoms with Crippen molar-refractivity contribution in [2.75, 3.05) is 11.1 Å². The molecule has 2 aromatic rings. The number of hydrogen-bond donors (Lipinski definition) is 2. The molecule has 0 unspecified atom stereocenters. The molecule has 5 heteroatoms. The van der Waals surface area contributed by atoms with Crippen LogP contribution in [0.2, 0.25) is 0 Å². The molecule has 0 aliphatic carbocycles. The number of thiophene rings is 1. The van der Waals surface area contributed by atoms with Gasteiger partial charge in [-0.15, -0.1) is 11.3 Å². The maximum absolute atomic E-state index is 13.5. The fourth-order valence-corrected chi connectivity index (χ4v) is 2.50. The second-order valence-electron chi connectivity index (χ2n) is 4.19. The van der Waals surface area contributed by atoms with Crippen LogP contribution in [0.3, 0.4) is 0 Å². The van der Waals surface area contributed by atoms with Gasteiger partial charge in [-0.3, -0.25) is 4.79 Å². The number of nitrogens with one attached hydrogen (secondary N) is 1. The van der Waals surface area contributed by atoms with E-state index in [2.05, 4.69) is 5.32 Å². The number of anilines is 2. The Hall–Kier alpha value is -1.88. The highest BCUT2D eigenvalue weighted by molar-refractivity contribution is 7.09. The standard InChI is InChI=1S/C14H15FN2OS/c15-11-6-2-7-12(16)14(11)17-13(18)8-1-4-10-5-3-9-19-10/h2-3,5-7,9H,1,4,8,16H2,(H,17,18). The summed E-state index contributed by atoms with van der Waals surface area (Å²) in [4.78, 5) is 13.0. The minimum Gasteiger partial charge on any atom is -0.397 e. The molecule has 0 fully saturated rings. The minimum absolute atomic E-state index is 0.0728. The lowest BCUT2D eigenvalue weighted by atomic mass is 10.2. The van der Waals surface area contributed by atoms with Gasteiger partial charge in [-0.1, -0.05) is 12.1 Å². The SMILES string of the molecule is Nc1cccc(F)c1NC(=O)CCCc1cccs1. The second kappa shape index (κ2) is 6.33. The third kappa shape index (κ3) is 3.79. The number of aryl methyl sites for hydroxylation is 1. The fourth-order valence-electron chi connectivity index (χ4n) is 1.75. The van der Waals surface area contributed by atoms with Crippen LogP contribution in [0, 0.1) is 5.82 Å². The van der Waals surface area contributed by atoms with Gasteiger partial charge in [-0.2, -0.15) is 0 Å². The van der Waals surface area contributed by atoms with Crippen LogP contribution in [0.15, 0.2) is 35.7 Å². The van der Waals surface area contributed by atoms with Crippen LogP contribution in [-0.4, -0.2) is 5.91 Å². The van der Waals surface area contributed by atoms with Crippen molar-refractivity contribution in [2.24, 2.45) is 0 Å². The Morgan fingerprint density at radius 2 is 2.16 bits per heavy atom. The largest absolute Gasteiger partial charge is 0.397 e. The number of halogens is 1. The van der Waals surface area contributed by atoms with E-state index in [0.717, 1.165) is 12.8 Å². The molecule has 0 atom stereocenters. The van der Waals surface area contributed by atoms with Crippen LogP contribution >= 0.6 is 11.3 Å². The van der Waals surface area contributed by atoms with Crippen molar-refractivity contribution in [1.82, 2.24) is 0 Å². The Labute approximate surface area is 115 Å². The molecule has 1 heterocycles. The number of para-hydroxylation sites is 1. The van der Waals surface area contributed by atoms with Gasteiger partial charge < -0.3 is 11.1 Å². The first-order valence-corrected chi connectivity index (χ1v) is 6.91. The molecule has 0 saturated carbocycles. The molecular formula is C14H15FN2OS. The highest BCUT2D eigenvalue weighted by atomic mass is 32.1. The first-order valence-electron chi connectivity index (χ1n) is 6.03. The summed E-state index contributed by atoms with van der Waals surface area (Å²) in [5, 5.41) is 4.53. The van der Waals surface area contributed by atoms with Gasteiger partial charge in [-0.05, 0) is 36.4 Å². The molecular weight excluding hydrogens is 263 g/mol. The fraction of sp³-hybridized carbons (Fsp3) is 0.214. The van der Waals surface area contributed by atoms with Crippen LogP contribution in [0.1, 0.15) is 17.7 Å². The Kier molecular flexibility index (Phi) is 4.52. The van der Waals surface area contributed by atoms with Crippen LogP contribution in [0.25, 0.3) is 0 Å². The van der Waals surface area contributed by atoms with Gasteiger partial charge in [0, 0.05) is 11.3 Å². The molecule has 3 N–H and O–H groups in total. The number of benzene rings is 1. The Morgan fingerprint density at radius 3 is 2.84 bits per heavy atom. The Balaban J connectivity index is 1.84. The summed E-state index contributed by atoms with van der Waals surface area (Å²) in [6, 6.07) is 8.37. The van der Waals surface area contributed by atoms with E-state index in [1.54, 1.807) is 17.4 Å². The lowest BCUT2D eigenvalue weighted by molar-refractivity contribution is -0.116. The van der Waals surface area contributed by atoms with Crippen molar-refractivity contribution < 1.29 is 9.18 Å². The molecule has 2 rings (SSSR count). The maximum Gasteiger partial charge on any atom is 0.224 e. The lowest BCUT2D eigenvalue weighted by Crippen LogP contribution is -2.14. The highest BCUT2D eigenvalue weighted by Crippen LogP contribution is 2.22. The van der Waals surface area contributed by atoms with Crippen molar-refractivity contribution >= 4 is 28.6 Å². The molecule has 1 amide bonds. The zero-order valence-corrected chi connectivity index (χ0v) is 11.2. The van der Waals surface area contributed by atoms with Crippen molar-refractivity contribution in [3.63, 3.8) is 0 Å². The predicted molar refractivity (Wildman–Crippen MR) is 76.7 cm³/mol. The molecule has 0 aliphatic rings. The van der Waals surface area contributed by atoms with Crippen molar-refractivity contribution in [3.8, 4) is 0 Å². The number of amides is 1. The van der Waals surface area contributed by atoms with Gasteiger partial charge in [0.1, 0.15) is 11.5 Å². The number of carbonyl (C=O) groups is 1. The summed E-state index contributed by atoms with van der Waals surface area (Å²) in [5.74, 6) is -0.722. The first-order chi connectivity index (χ1) is 9.16. The van der Waals surface area contributed by atoms with Gasteiger partial charge in [0.05, 0.1) is 5.69 Å². The van der Waals surface area contributed by atoms with E-state index in [0.29, 0.717) is 6.42 Å².